The van der Waals surface area contributed by atoms with Crippen LogP contribution in [0.15, 0.2) is 4.42 Å². The van der Waals surface area contributed by atoms with Gasteiger partial charge in [-0.2, -0.15) is 0 Å². The maximum Gasteiger partial charge on any atom is 0.315 e. The molecule has 0 spiro atoms. The molecular formula is C9H18N4O. The van der Waals surface area contributed by atoms with Gasteiger partial charge < -0.3 is 15.1 Å². The Morgan fingerprint density at radius 2 is 2.00 bits per heavy atom. The molecule has 14 heavy (non-hydrogen) atoms. The van der Waals surface area contributed by atoms with Crippen molar-refractivity contribution in [3.8, 4) is 0 Å². The van der Waals surface area contributed by atoms with Gasteiger partial charge in [-0.05, 0) is 27.3 Å². The van der Waals surface area contributed by atoms with Gasteiger partial charge in [-0.15, -0.1) is 5.10 Å². The van der Waals surface area contributed by atoms with Gasteiger partial charge in [-0.1, -0.05) is 12.0 Å². The second-order valence-electron chi connectivity index (χ2n) is 4.16. The lowest BCUT2D eigenvalue weighted by Gasteiger charge is -2.17. The molecule has 1 aromatic rings. The van der Waals surface area contributed by atoms with Gasteiger partial charge in [0.1, 0.15) is 0 Å². The van der Waals surface area contributed by atoms with Crippen molar-refractivity contribution in [2.75, 3.05) is 11.9 Å². The smallest absolute Gasteiger partial charge is 0.315 e. The van der Waals surface area contributed by atoms with E-state index in [1.165, 1.54) is 0 Å². The average molecular weight is 198 g/mol. The summed E-state index contributed by atoms with van der Waals surface area (Å²) in [7, 11) is 0. The van der Waals surface area contributed by atoms with Crippen molar-refractivity contribution in [1.82, 2.24) is 15.5 Å². The van der Waals surface area contributed by atoms with Crippen LogP contribution in [0.3, 0.4) is 0 Å². The van der Waals surface area contributed by atoms with Crippen LogP contribution in [0.5, 0.6) is 0 Å². The Morgan fingerprint density at radius 3 is 2.57 bits per heavy atom. The molecule has 1 rings (SSSR count). The minimum Gasteiger partial charge on any atom is -0.407 e. The van der Waals surface area contributed by atoms with Gasteiger partial charge >= 0.3 is 6.01 Å². The van der Waals surface area contributed by atoms with E-state index in [4.69, 9.17) is 4.42 Å². The number of nitrogens with zero attached hydrogens (tertiary/aromatic N) is 2. The normalized spacial score (nSPS) is 11.7. The van der Waals surface area contributed by atoms with Gasteiger partial charge in [0.15, 0.2) is 0 Å². The topological polar surface area (TPSA) is 63.0 Å². The highest BCUT2D eigenvalue weighted by Gasteiger charge is 2.13. The predicted molar refractivity (Wildman–Crippen MR) is 55.1 cm³/mol. The van der Waals surface area contributed by atoms with Crippen molar-refractivity contribution in [3.63, 3.8) is 0 Å². The standard InChI is InChI=1S/C9H18N4O/c1-5-10-6-7-12-13-8(14-7)11-9(2,3)4/h10H,5-6H2,1-4H3,(H,11,13). The lowest BCUT2D eigenvalue weighted by atomic mass is 10.1. The fourth-order valence-corrected chi connectivity index (χ4v) is 0.928. The van der Waals surface area contributed by atoms with Crippen molar-refractivity contribution in [3.05, 3.63) is 5.89 Å². The molecule has 80 valence electrons. The second-order valence-corrected chi connectivity index (χ2v) is 4.16. The zero-order chi connectivity index (χ0) is 10.6. The summed E-state index contributed by atoms with van der Waals surface area (Å²) < 4.78 is 5.37. The van der Waals surface area contributed by atoms with Gasteiger partial charge in [0.05, 0.1) is 6.54 Å². The third kappa shape index (κ3) is 3.74. The summed E-state index contributed by atoms with van der Waals surface area (Å²) in [6.07, 6.45) is 0. The molecule has 0 bridgehead atoms. The molecule has 0 saturated carbocycles. The summed E-state index contributed by atoms with van der Waals surface area (Å²) in [6, 6.07) is 0.477. The number of hydrogen-bond donors (Lipinski definition) is 2. The van der Waals surface area contributed by atoms with E-state index >= 15 is 0 Å². The van der Waals surface area contributed by atoms with E-state index in [1.807, 2.05) is 27.7 Å². The third-order valence-corrected chi connectivity index (χ3v) is 1.48. The molecule has 5 heteroatoms. The molecule has 0 amide bonds. The Bertz CT molecular complexity index is 277. The van der Waals surface area contributed by atoms with E-state index in [0.717, 1.165) is 6.54 Å². The Kier molecular flexibility index (Phi) is 3.46. The minimum absolute atomic E-state index is 0.0536. The first-order chi connectivity index (χ1) is 6.51. The fraction of sp³-hybridized carbons (Fsp3) is 0.778. The van der Waals surface area contributed by atoms with Crippen LogP contribution < -0.4 is 10.6 Å². The van der Waals surface area contributed by atoms with Crippen molar-refractivity contribution < 1.29 is 4.42 Å². The van der Waals surface area contributed by atoms with Crippen LogP contribution in [0.2, 0.25) is 0 Å². The SMILES string of the molecule is CCNCc1nnc(NC(C)(C)C)o1. The highest BCUT2D eigenvalue weighted by molar-refractivity contribution is 5.21. The maximum absolute atomic E-state index is 5.37. The highest BCUT2D eigenvalue weighted by atomic mass is 16.4. The van der Waals surface area contributed by atoms with Crippen molar-refractivity contribution >= 4 is 6.01 Å². The van der Waals surface area contributed by atoms with Crippen LogP contribution in [0.4, 0.5) is 6.01 Å². The van der Waals surface area contributed by atoms with Crippen LogP contribution in [-0.2, 0) is 6.54 Å². The van der Waals surface area contributed by atoms with Crippen LogP contribution in [0, 0.1) is 0 Å². The maximum atomic E-state index is 5.37. The Morgan fingerprint density at radius 1 is 1.29 bits per heavy atom. The number of nitrogens with one attached hydrogen (secondary N) is 2. The molecule has 0 unspecified atom stereocenters. The van der Waals surface area contributed by atoms with Crippen molar-refractivity contribution in [2.45, 2.75) is 39.8 Å². The Hall–Kier alpha value is -1.10. The van der Waals surface area contributed by atoms with Crippen LogP contribution in [0.1, 0.15) is 33.6 Å². The number of aromatic nitrogens is 2. The van der Waals surface area contributed by atoms with E-state index < -0.39 is 0 Å². The molecule has 0 fully saturated rings. The first-order valence-electron chi connectivity index (χ1n) is 4.82. The molecule has 1 aromatic heterocycles. The first-order valence-corrected chi connectivity index (χ1v) is 4.82. The summed E-state index contributed by atoms with van der Waals surface area (Å²) >= 11 is 0. The number of anilines is 1. The van der Waals surface area contributed by atoms with Crippen LogP contribution in [0.25, 0.3) is 0 Å². The number of rotatable bonds is 4. The van der Waals surface area contributed by atoms with Gasteiger partial charge in [-0.3, -0.25) is 0 Å². The lowest BCUT2D eigenvalue weighted by molar-refractivity contribution is 0.468. The molecule has 5 nitrogen and oxygen atoms in total. The predicted octanol–water partition coefficient (Wildman–Crippen LogP) is 1.39. The van der Waals surface area contributed by atoms with Crippen LogP contribution in [-0.4, -0.2) is 22.3 Å². The summed E-state index contributed by atoms with van der Waals surface area (Å²) in [4.78, 5) is 0. The highest BCUT2D eigenvalue weighted by Crippen LogP contribution is 2.12. The molecule has 0 aliphatic rings. The molecule has 1 heterocycles. The van der Waals surface area contributed by atoms with Crippen molar-refractivity contribution in [1.29, 1.82) is 0 Å². The molecular weight excluding hydrogens is 180 g/mol. The molecule has 0 atom stereocenters. The molecule has 0 aliphatic carbocycles. The fourth-order valence-electron chi connectivity index (χ4n) is 0.928. The summed E-state index contributed by atoms with van der Waals surface area (Å²) in [6.45, 7) is 9.67. The van der Waals surface area contributed by atoms with E-state index in [1.54, 1.807) is 0 Å². The molecule has 0 aliphatic heterocycles. The van der Waals surface area contributed by atoms with E-state index in [0.29, 0.717) is 18.5 Å². The monoisotopic (exact) mass is 198 g/mol. The second kappa shape index (κ2) is 4.41. The van der Waals surface area contributed by atoms with Crippen molar-refractivity contribution in [2.24, 2.45) is 0 Å². The van der Waals surface area contributed by atoms with E-state index in [9.17, 15) is 0 Å². The van der Waals surface area contributed by atoms with Gasteiger partial charge in [0, 0.05) is 5.54 Å². The van der Waals surface area contributed by atoms with Gasteiger partial charge in [-0.25, -0.2) is 0 Å². The Balaban J connectivity index is 2.51. The Labute approximate surface area is 84.3 Å². The summed E-state index contributed by atoms with van der Waals surface area (Å²) in [5, 5.41) is 14.0. The average Bonchev–Trinajstić information content (AvgIpc) is 2.46. The molecule has 0 radical (unpaired) electrons. The summed E-state index contributed by atoms with van der Waals surface area (Å²) in [5.41, 5.74) is -0.0536. The lowest BCUT2D eigenvalue weighted by Crippen LogP contribution is -2.26. The zero-order valence-electron chi connectivity index (χ0n) is 9.22. The van der Waals surface area contributed by atoms with Crippen LogP contribution >= 0.6 is 0 Å². The number of hydrogen-bond acceptors (Lipinski definition) is 5. The molecule has 0 aromatic carbocycles. The van der Waals surface area contributed by atoms with E-state index in [2.05, 4.69) is 20.8 Å². The quantitative estimate of drug-likeness (QED) is 0.765. The molecule has 2 N–H and O–H groups in total. The van der Waals surface area contributed by atoms with Gasteiger partial charge in [0.2, 0.25) is 5.89 Å². The molecule has 0 saturated heterocycles. The summed E-state index contributed by atoms with van der Waals surface area (Å²) in [5.74, 6) is 0.610. The largest absolute Gasteiger partial charge is 0.407 e. The zero-order valence-corrected chi connectivity index (χ0v) is 9.22. The third-order valence-electron chi connectivity index (χ3n) is 1.48. The minimum atomic E-state index is -0.0536. The van der Waals surface area contributed by atoms with E-state index in [-0.39, 0.29) is 5.54 Å². The first kappa shape index (κ1) is 11.0. The van der Waals surface area contributed by atoms with Gasteiger partial charge in [0.25, 0.3) is 0 Å².